The van der Waals surface area contributed by atoms with Crippen molar-refractivity contribution in [1.29, 1.82) is 0 Å². The van der Waals surface area contributed by atoms with Crippen molar-refractivity contribution in [2.75, 3.05) is 0 Å². The van der Waals surface area contributed by atoms with Crippen molar-refractivity contribution in [3.63, 3.8) is 0 Å². The van der Waals surface area contributed by atoms with E-state index < -0.39 is 0 Å². The van der Waals surface area contributed by atoms with Crippen LogP contribution in [-0.4, -0.2) is 11.9 Å². The molecule has 94 valence electrons. The van der Waals surface area contributed by atoms with Gasteiger partial charge >= 0.3 is 0 Å². The van der Waals surface area contributed by atoms with Crippen LogP contribution in [0.3, 0.4) is 0 Å². The van der Waals surface area contributed by atoms with Crippen LogP contribution in [0.25, 0.3) is 0 Å². The van der Waals surface area contributed by atoms with Gasteiger partial charge in [-0.05, 0) is 23.5 Å². The van der Waals surface area contributed by atoms with Crippen molar-refractivity contribution >= 4 is 5.91 Å². The summed E-state index contributed by atoms with van der Waals surface area (Å²) < 4.78 is 0. The van der Waals surface area contributed by atoms with Crippen LogP contribution in [0.2, 0.25) is 0 Å². The fourth-order valence-corrected chi connectivity index (χ4v) is 1.49. The van der Waals surface area contributed by atoms with Crippen LogP contribution in [0.15, 0.2) is 24.3 Å². The van der Waals surface area contributed by atoms with Gasteiger partial charge in [0.25, 0.3) is 0 Å². The van der Waals surface area contributed by atoms with E-state index in [-0.39, 0.29) is 17.4 Å². The number of carbonyl (C=O) groups is 1. The third-order valence-electron chi connectivity index (χ3n) is 2.86. The molecule has 0 bridgehead atoms. The number of carbonyl (C=O) groups excluding carboxylic acids is 1. The Hall–Kier alpha value is -1.35. The van der Waals surface area contributed by atoms with Crippen molar-refractivity contribution in [3.05, 3.63) is 35.4 Å². The van der Waals surface area contributed by atoms with E-state index in [1.54, 1.807) is 6.92 Å². The van der Waals surface area contributed by atoms with Crippen LogP contribution in [0, 0.1) is 0 Å². The second-order valence-electron chi connectivity index (χ2n) is 5.45. The van der Waals surface area contributed by atoms with E-state index in [9.17, 15) is 4.79 Å². The molecule has 3 N–H and O–H groups in total. The smallest absolute Gasteiger partial charge is 0.234 e. The van der Waals surface area contributed by atoms with Gasteiger partial charge in [-0.3, -0.25) is 4.79 Å². The van der Waals surface area contributed by atoms with Gasteiger partial charge in [0.1, 0.15) is 0 Å². The maximum atomic E-state index is 10.9. The molecule has 1 amide bonds. The van der Waals surface area contributed by atoms with E-state index in [0.29, 0.717) is 6.54 Å². The molecule has 3 heteroatoms. The zero-order valence-electron chi connectivity index (χ0n) is 11.1. The Bertz CT molecular complexity index is 376. The van der Waals surface area contributed by atoms with Crippen molar-refractivity contribution in [3.8, 4) is 0 Å². The Labute approximate surface area is 103 Å². The highest BCUT2D eigenvalue weighted by molar-refractivity contribution is 5.79. The Kier molecular flexibility index (Phi) is 4.29. The zero-order chi connectivity index (χ0) is 13.1. The van der Waals surface area contributed by atoms with Crippen LogP contribution >= 0.6 is 0 Å². The van der Waals surface area contributed by atoms with Crippen molar-refractivity contribution < 1.29 is 4.79 Å². The summed E-state index contributed by atoms with van der Waals surface area (Å²) in [5.74, 6) is -0.323. The summed E-state index contributed by atoms with van der Waals surface area (Å²) in [7, 11) is 0. The maximum absolute atomic E-state index is 10.9. The molecule has 0 saturated carbocycles. The molecule has 3 nitrogen and oxygen atoms in total. The van der Waals surface area contributed by atoms with Gasteiger partial charge in [0.15, 0.2) is 0 Å². The highest BCUT2D eigenvalue weighted by atomic mass is 16.1. The maximum Gasteiger partial charge on any atom is 0.234 e. The molecule has 0 aliphatic rings. The van der Waals surface area contributed by atoms with E-state index in [1.807, 2.05) is 0 Å². The average molecular weight is 234 g/mol. The third kappa shape index (κ3) is 4.19. The van der Waals surface area contributed by atoms with Gasteiger partial charge < -0.3 is 11.1 Å². The lowest BCUT2D eigenvalue weighted by Gasteiger charge is -2.19. The second kappa shape index (κ2) is 5.32. The number of benzene rings is 1. The van der Waals surface area contributed by atoms with Crippen LogP contribution < -0.4 is 11.1 Å². The number of nitrogens with two attached hydrogens (primary N) is 1. The highest BCUT2D eigenvalue weighted by Crippen LogP contribution is 2.22. The molecule has 0 aromatic heterocycles. The lowest BCUT2D eigenvalue weighted by Crippen LogP contribution is -2.38. The molecule has 0 fully saturated rings. The summed E-state index contributed by atoms with van der Waals surface area (Å²) >= 11 is 0. The number of primary amides is 1. The Morgan fingerprint density at radius 2 is 1.82 bits per heavy atom. The highest BCUT2D eigenvalue weighted by Gasteiger charge is 2.13. The molecule has 0 radical (unpaired) electrons. The first-order valence-electron chi connectivity index (χ1n) is 5.93. The minimum absolute atomic E-state index is 0.173. The molecule has 0 heterocycles. The molecule has 0 saturated heterocycles. The van der Waals surface area contributed by atoms with E-state index in [4.69, 9.17) is 5.73 Å². The normalized spacial score (nSPS) is 13.4. The van der Waals surface area contributed by atoms with Crippen LogP contribution in [0.5, 0.6) is 0 Å². The lowest BCUT2D eigenvalue weighted by molar-refractivity contribution is -0.119. The summed E-state index contributed by atoms with van der Waals surface area (Å²) in [5.41, 5.74) is 7.82. The fourth-order valence-electron chi connectivity index (χ4n) is 1.49. The van der Waals surface area contributed by atoms with Gasteiger partial charge in [0.05, 0.1) is 6.04 Å². The fraction of sp³-hybridized carbons (Fsp3) is 0.500. The molecule has 1 rings (SSSR count). The summed E-state index contributed by atoms with van der Waals surface area (Å²) in [6.45, 7) is 9.00. The van der Waals surface area contributed by atoms with Gasteiger partial charge in [0, 0.05) is 6.54 Å². The predicted octanol–water partition coefficient (Wildman–Crippen LogP) is 1.95. The molecule has 1 unspecified atom stereocenters. The van der Waals surface area contributed by atoms with Gasteiger partial charge in [-0.25, -0.2) is 0 Å². The molecule has 1 aromatic rings. The number of hydrogen-bond acceptors (Lipinski definition) is 2. The molecule has 1 atom stereocenters. The molecular formula is C14H22N2O. The quantitative estimate of drug-likeness (QED) is 0.836. The van der Waals surface area contributed by atoms with Gasteiger partial charge in [-0.2, -0.15) is 0 Å². The molecule has 1 aromatic carbocycles. The van der Waals surface area contributed by atoms with Crippen LogP contribution in [0.4, 0.5) is 0 Å². The summed E-state index contributed by atoms with van der Waals surface area (Å²) in [6.07, 6.45) is 0. The first-order chi connectivity index (χ1) is 7.80. The van der Waals surface area contributed by atoms with Crippen LogP contribution in [0.1, 0.15) is 38.8 Å². The van der Waals surface area contributed by atoms with Crippen molar-refractivity contribution in [2.24, 2.45) is 5.73 Å². The van der Waals surface area contributed by atoms with Gasteiger partial charge in [-0.1, -0.05) is 45.0 Å². The third-order valence-corrected chi connectivity index (χ3v) is 2.86. The second-order valence-corrected chi connectivity index (χ2v) is 5.45. The molecular weight excluding hydrogens is 212 g/mol. The van der Waals surface area contributed by atoms with Crippen LogP contribution in [-0.2, 0) is 16.8 Å². The molecule has 17 heavy (non-hydrogen) atoms. The van der Waals surface area contributed by atoms with Crippen molar-refractivity contribution in [2.45, 2.75) is 45.7 Å². The number of hydrogen-bond donors (Lipinski definition) is 2. The first-order valence-corrected chi connectivity index (χ1v) is 5.93. The SMILES string of the molecule is CC(NCc1ccc(C(C)(C)C)cc1)C(N)=O. The number of rotatable bonds is 4. The Morgan fingerprint density at radius 3 is 2.24 bits per heavy atom. The minimum Gasteiger partial charge on any atom is -0.368 e. The van der Waals surface area contributed by atoms with Crippen molar-refractivity contribution in [1.82, 2.24) is 5.32 Å². The topological polar surface area (TPSA) is 55.1 Å². The minimum atomic E-state index is -0.323. The van der Waals surface area contributed by atoms with E-state index in [2.05, 4.69) is 50.4 Å². The molecule has 0 aliphatic carbocycles. The number of nitrogens with one attached hydrogen (secondary N) is 1. The van der Waals surface area contributed by atoms with E-state index in [1.165, 1.54) is 5.56 Å². The van der Waals surface area contributed by atoms with E-state index in [0.717, 1.165) is 5.56 Å². The molecule has 0 aliphatic heterocycles. The lowest BCUT2D eigenvalue weighted by atomic mass is 9.87. The Balaban J connectivity index is 2.60. The predicted molar refractivity (Wildman–Crippen MR) is 70.6 cm³/mol. The standard InChI is InChI=1S/C14H22N2O/c1-10(13(15)17)16-9-11-5-7-12(8-6-11)14(2,3)4/h5-8,10,16H,9H2,1-4H3,(H2,15,17). The zero-order valence-corrected chi connectivity index (χ0v) is 11.1. The average Bonchev–Trinajstić information content (AvgIpc) is 2.25. The molecule has 0 spiro atoms. The monoisotopic (exact) mass is 234 g/mol. The summed E-state index contributed by atoms with van der Waals surface area (Å²) in [4.78, 5) is 10.9. The van der Waals surface area contributed by atoms with Gasteiger partial charge in [0.2, 0.25) is 5.91 Å². The number of amides is 1. The summed E-state index contributed by atoms with van der Waals surface area (Å²) in [5, 5.41) is 3.08. The van der Waals surface area contributed by atoms with Gasteiger partial charge in [-0.15, -0.1) is 0 Å². The van der Waals surface area contributed by atoms with E-state index >= 15 is 0 Å². The largest absolute Gasteiger partial charge is 0.368 e. The Morgan fingerprint density at radius 1 is 1.29 bits per heavy atom. The summed E-state index contributed by atoms with van der Waals surface area (Å²) in [6, 6.07) is 8.14. The first kappa shape index (κ1) is 13.7.